The van der Waals surface area contributed by atoms with Crippen molar-refractivity contribution in [3.8, 4) is 0 Å². The number of aryl methyl sites for hydroxylation is 1. The van der Waals surface area contributed by atoms with Crippen LogP contribution in [0.5, 0.6) is 0 Å². The normalized spacial score (nSPS) is 18.3. The van der Waals surface area contributed by atoms with Crippen molar-refractivity contribution in [1.29, 1.82) is 0 Å². The van der Waals surface area contributed by atoms with E-state index in [1.54, 1.807) is 0 Å². The molecule has 1 aromatic heterocycles. The Morgan fingerprint density at radius 3 is 2.90 bits per heavy atom. The van der Waals surface area contributed by atoms with Gasteiger partial charge in [-0.25, -0.2) is 9.97 Å². The van der Waals surface area contributed by atoms with Crippen molar-refractivity contribution in [3.05, 3.63) is 17.5 Å². The molecule has 0 bridgehead atoms. The highest BCUT2D eigenvalue weighted by molar-refractivity contribution is 5.37. The molecule has 1 aliphatic heterocycles. The van der Waals surface area contributed by atoms with Crippen LogP contribution in [-0.4, -0.2) is 41.8 Å². The summed E-state index contributed by atoms with van der Waals surface area (Å²) in [5.41, 5.74) is 2.18. The largest absolute Gasteiger partial charge is 0.377 e. The lowest BCUT2D eigenvalue weighted by molar-refractivity contribution is 0.0633. The van der Waals surface area contributed by atoms with Crippen LogP contribution in [0.15, 0.2) is 6.20 Å². The van der Waals surface area contributed by atoms with E-state index in [1.165, 1.54) is 5.56 Å². The van der Waals surface area contributed by atoms with Gasteiger partial charge in [-0.3, -0.25) is 0 Å². The maximum Gasteiger partial charge on any atom is 0.226 e. The summed E-state index contributed by atoms with van der Waals surface area (Å²) in [5.74, 6) is 0.815. The summed E-state index contributed by atoms with van der Waals surface area (Å²) >= 11 is 0. The van der Waals surface area contributed by atoms with E-state index in [2.05, 4.69) is 42.9 Å². The third-order valence-electron chi connectivity index (χ3n) is 3.70. The van der Waals surface area contributed by atoms with Crippen LogP contribution in [0.3, 0.4) is 0 Å². The lowest BCUT2D eigenvalue weighted by atomic mass is 10.0. The Balaban J connectivity index is 2.11. The van der Waals surface area contributed by atoms with Gasteiger partial charge in [-0.05, 0) is 33.7 Å². The average molecular weight is 278 g/mol. The summed E-state index contributed by atoms with van der Waals surface area (Å²) < 4.78 is 5.55. The van der Waals surface area contributed by atoms with Gasteiger partial charge in [-0.15, -0.1) is 0 Å². The molecule has 0 saturated carbocycles. The van der Waals surface area contributed by atoms with Gasteiger partial charge in [0.05, 0.1) is 18.8 Å². The number of anilines is 1. The summed E-state index contributed by atoms with van der Waals surface area (Å²) in [4.78, 5) is 11.5. The highest BCUT2D eigenvalue weighted by Gasteiger charge is 2.32. The highest BCUT2D eigenvalue weighted by atomic mass is 16.5. The van der Waals surface area contributed by atoms with Crippen molar-refractivity contribution in [2.75, 3.05) is 31.2 Å². The van der Waals surface area contributed by atoms with E-state index >= 15 is 0 Å². The fourth-order valence-electron chi connectivity index (χ4n) is 2.41. The second-order valence-electron chi connectivity index (χ2n) is 5.97. The fourth-order valence-corrected chi connectivity index (χ4v) is 2.41. The number of hydrogen-bond donors (Lipinski definition) is 1. The summed E-state index contributed by atoms with van der Waals surface area (Å²) in [6, 6.07) is 0. The topological polar surface area (TPSA) is 50.3 Å². The molecular formula is C15H26N4O. The molecule has 0 amide bonds. The molecule has 0 radical (unpaired) electrons. The first kappa shape index (κ1) is 15.2. The maximum atomic E-state index is 5.55. The summed E-state index contributed by atoms with van der Waals surface area (Å²) in [7, 11) is 0. The standard InChI is InChI=1S/C15H26N4O/c1-5-6-16-9-13-10-17-14(18-12(13)2)19-7-8-20-11-15(19,3)4/h10,16H,5-9,11H2,1-4H3. The van der Waals surface area contributed by atoms with Gasteiger partial charge in [0.2, 0.25) is 5.95 Å². The van der Waals surface area contributed by atoms with E-state index in [0.29, 0.717) is 0 Å². The zero-order valence-electron chi connectivity index (χ0n) is 13.1. The van der Waals surface area contributed by atoms with Crippen molar-refractivity contribution in [3.63, 3.8) is 0 Å². The van der Waals surface area contributed by atoms with Gasteiger partial charge in [0.1, 0.15) is 0 Å². The number of nitrogens with zero attached hydrogens (tertiary/aromatic N) is 3. The molecule has 1 saturated heterocycles. The maximum absolute atomic E-state index is 5.55. The quantitative estimate of drug-likeness (QED) is 0.834. The van der Waals surface area contributed by atoms with Crippen LogP contribution in [-0.2, 0) is 11.3 Å². The molecule has 2 rings (SSSR count). The van der Waals surface area contributed by atoms with Crippen LogP contribution in [0.4, 0.5) is 5.95 Å². The molecule has 112 valence electrons. The third kappa shape index (κ3) is 3.46. The second kappa shape index (κ2) is 6.50. The number of hydrogen-bond acceptors (Lipinski definition) is 5. The minimum atomic E-state index is -0.0489. The fraction of sp³-hybridized carbons (Fsp3) is 0.733. The van der Waals surface area contributed by atoms with Gasteiger partial charge in [-0.2, -0.15) is 0 Å². The van der Waals surface area contributed by atoms with Crippen molar-refractivity contribution in [2.24, 2.45) is 0 Å². The summed E-state index contributed by atoms with van der Waals surface area (Å²) in [6.07, 6.45) is 3.09. The van der Waals surface area contributed by atoms with E-state index in [9.17, 15) is 0 Å². The first-order valence-corrected chi connectivity index (χ1v) is 7.43. The third-order valence-corrected chi connectivity index (χ3v) is 3.70. The minimum absolute atomic E-state index is 0.0489. The van der Waals surface area contributed by atoms with Crippen molar-refractivity contribution in [1.82, 2.24) is 15.3 Å². The SMILES string of the molecule is CCCNCc1cnc(N2CCOCC2(C)C)nc1C. The van der Waals surface area contributed by atoms with E-state index < -0.39 is 0 Å². The number of rotatable bonds is 5. The molecule has 1 aliphatic rings. The predicted octanol–water partition coefficient (Wildman–Crippen LogP) is 1.90. The molecule has 0 unspecified atom stereocenters. The summed E-state index contributed by atoms with van der Waals surface area (Å²) in [5, 5.41) is 3.39. The lowest BCUT2D eigenvalue weighted by Gasteiger charge is -2.42. The average Bonchev–Trinajstić information content (AvgIpc) is 2.40. The molecule has 1 fully saturated rings. The minimum Gasteiger partial charge on any atom is -0.377 e. The van der Waals surface area contributed by atoms with Gasteiger partial charge in [0.25, 0.3) is 0 Å². The van der Waals surface area contributed by atoms with Gasteiger partial charge in [-0.1, -0.05) is 6.92 Å². The van der Waals surface area contributed by atoms with Crippen LogP contribution in [0, 0.1) is 6.92 Å². The van der Waals surface area contributed by atoms with Gasteiger partial charge in [0, 0.05) is 30.5 Å². The number of ether oxygens (including phenoxy) is 1. The van der Waals surface area contributed by atoms with Crippen LogP contribution in [0.2, 0.25) is 0 Å². The van der Waals surface area contributed by atoms with E-state index in [0.717, 1.165) is 50.9 Å². The Labute approximate surface area is 121 Å². The Kier molecular flexibility index (Phi) is 4.94. The first-order chi connectivity index (χ1) is 9.54. The van der Waals surface area contributed by atoms with Crippen LogP contribution < -0.4 is 10.2 Å². The van der Waals surface area contributed by atoms with Crippen LogP contribution in [0.1, 0.15) is 38.4 Å². The molecule has 0 aliphatic carbocycles. The molecule has 2 heterocycles. The Hall–Kier alpha value is -1.20. The zero-order valence-corrected chi connectivity index (χ0v) is 13.1. The predicted molar refractivity (Wildman–Crippen MR) is 81.0 cm³/mol. The molecule has 20 heavy (non-hydrogen) atoms. The van der Waals surface area contributed by atoms with Crippen molar-refractivity contribution < 1.29 is 4.74 Å². The van der Waals surface area contributed by atoms with E-state index in [4.69, 9.17) is 9.72 Å². The van der Waals surface area contributed by atoms with Crippen molar-refractivity contribution >= 4 is 5.95 Å². The Morgan fingerprint density at radius 1 is 1.45 bits per heavy atom. The lowest BCUT2D eigenvalue weighted by Crippen LogP contribution is -2.53. The van der Waals surface area contributed by atoms with Crippen LogP contribution in [0.25, 0.3) is 0 Å². The monoisotopic (exact) mass is 278 g/mol. The van der Waals surface area contributed by atoms with Gasteiger partial charge < -0.3 is 15.0 Å². The molecule has 0 spiro atoms. The van der Waals surface area contributed by atoms with Gasteiger partial charge in [0.15, 0.2) is 0 Å². The smallest absolute Gasteiger partial charge is 0.226 e. The first-order valence-electron chi connectivity index (χ1n) is 7.43. The molecule has 5 heteroatoms. The Bertz CT molecular complexity index is 447. The van der Waals surface area contributed by atoms with Crippen LogP contribution >= 0.6 is 0 Å². The highest BCUT2D eigenvalue weighted by Crippen LogP contribution is 2.24. The second-order valence-corrected chi connectivity index (χ2v) is 5.97. The molecule has 0 aromatic carbocycles. The number of morpholine rings is 1. The van der Waals surface area contributed by atoms with Crippen molar-refractivity contribution in [2.45, 2.75) is 46.2 Å². The molecular weight excluding hydrogens is 252 g/mol. The molecule has 0 atom stereocenters. The zero-order chi connectivity index (χ0) is 14.6. The Morgan fingerprint density at radius 2 is 2.25 bits per heavy atom. The molecule has 1 aromatic rings. The number of nitrogens with one attached hydrogen (secondary N) is 1. The van der Waals surface area contributed by atoms with E-state index in [-0.39, 0.29) is 5.54 Å². The number of aromatic nitrogens is 2. The molecule has 1 N–H and O–H groups in total. The summed E-state index contributed by atoms with van der Waals surface area (Å²) in [6.45, 7) is 12.7. The molecule has 5 nitrogen and oxygen atoms in total. The van der Waals surface area contributed by atoms with E-state index in [1.807, 2.05) is 6.20 Å². The van der Waals surface area contributed by atoms with Gasteiger partial charge >= 0.3 is 0 Å².